The Bertz CT molecular complexity index is 955. The Balaban J connectivity index is 1.68. The van der Waals surface area contributed by atoms with Crippen LogP contribution < -0.4 is 5.01 Å². The van der Waals surface area contributed by atoms with Crippen molar-refractivity contribution in [2.75, 3.05) is 5.01 Å². The smallest absolute Gasteiger partial charge is 0.355 e. The Morgan fingerprint density at radius 2 is 1.67 bits per heavy atom. The molecule has 1 saturated carbocycles. The molecule has 0 bridgehead atoms. The zero-order valence-electron chi connectivity index (χ0n) is 16.7. The van der Waals surface area contributed by atoms with Crippen LogP contribution in [-0.2, 0) is 9.53 Å². The molecule has 0 saturated heterocycles. The number of hydrogen-bond donors (Lipinski definition) is 0. The maximum Gasteiger partial charge on any atom is 0.355 e. The Kier molecular flexibility index (Phi) is 6.57. The standard InChI is InChI=1S/C23H23Cl3N2O2/c1-14-21(23(29)30-18-5-3-2-4-6-18)27-28(20-12-11-17(25)13-19(20)26)22(14)15-7-9-16(24)10-8-15/h7-14,18,22H,2-6H2,1H3/t14-,22+/m1/s1. The molecule has 7 heteroatoms. The minimum Gasteiger partial charge on any atom is -0.458 e. The van der Waals surface area contributed by atoms with Gasteiger partial charge >= 0.3 is 5.97 Å². The quantitative estimate of drug-likeness (QED) is 0.453. The summed E-state index contributed by atoms with van der Waals surface area (Å²) in [5.74, 6) is -0.532. The van der Waals surface area contributed by atoms with Crippen molar-refractivity contribution in [2.45, 2.75) is 51.2 Å². The second kappa shape index (κ2) is 9.17. The van der Waals surface area contributed by atoms with Crippen molar-refractivity contribution in [3.05, 3.63) is 63.1 Å². The lowest BCUT2D eigenvalue weighted by Gasteiger charge is -2.27. The minimum absolute atomic E-state index is 0.0247. The fraction of sp³-hybridized carbons (Fsp3) is 0.391. The van der Waals surface area contributed by atoms with Crippen LogP contribution in [0.1, 0.15) is 50.6 Å². The van der Waals surface area contributed by atoms with Gasteiger partial charge in [0.05, 0.1) is 16.8 Å². The van der Waals surface area contributed by atoms with Gasteiger partial charge in [0, 0.05) is 16.0 Å². The fourth-order valence-electron chi connectivity index (χ4n) is 4.21. The van der Waals surface area contributed by atoms with E-state index in [-0.39, 0.29) is 24.0 Å². The summed E-state index contributed by atoms with van der Waals surface area (Å²) in [5.41, 5.74) is 2.09. The Hall–Kier alpha value is -1.75. The molecule has 4 nitrogen and oxygen atoms in total. The molecule has 2 aromatic carbocycles. The molecule has 2 aliphatic rings. The van der Waals surface area contributed by atoms with Gasteiger partial charge < -0.3 is 4.74 Å². The van der Waals surface area contributed by atoms with Crippen LogP contribution in [0.15, 0.2) is 47.6 Å². The molecule has 0 unspecified atom stereocenters. The first-order valence-electron chi connectivity index (χ1n) is 10.2. The molecule has 0 radical (unpaired) electrons. The van der Waals surface area contributed by atoms with E-state index in [1.54, 1.807) is 17.1 Å². The zero-order chi connectivity index (χ0) is 21.3. The summed E-state index contributed by atoms with van der Waals surface area (Å²) >= 11 is 18.7. The van der Waals surface area contributed by atoms with Crippen LogP contribution >= 0.6 is 34.8 Å². The number of ether oxygens (including phenoxy) is 1. The number of halogens is 3. The molecule has 0 spiro atoms. The number of hydrazone groups is 1. The molecule has 0 aromatic heterocycles. The van der Waals surface area contributed by atoms with Gasteiger partial charge in [0.2, 0.25) is 0 Å². The fourth-order valence-corrected chi connectivity index (χ4v) is 4.83. The van der Waals surface area contributed by atoms with Crippen molar-refractivity contribution < 1.29 is 9.53 Å². The predicted octanol–water partition coefficient (Wildman–Crippen LogP) is 7.08. The molecule has 1 aliphatic heterocycles. The van der Waals surface area contributed by atoms with Crippen molar-refractivity contribution in [1.29, 1.82) is 0 Å². The number of esters is 1. The van der Waals surface area contributed by atoms with Gasteiger partial charge in [-0.2, -0.15) is 5.10 Å². The van der Waals surface area contributed by atoms with E-state index in [0.717, 1.165) is 31.2 Å². The van der Waals surface area contributed by atoms with Gasteiger partial charge in [-0.25, -0.2) is 4.79 Å². The Morgan fingerprint density at radius 1 is 1.00 bits per heavy atom. The first-order chi connectivity index (χ1) is 14.4. The molecule has 1 fully saturated rings. The molecular weight excluding hydrogens is 443 g/mol. The van der Waals surface area contributed by atoms with Crippen molar-refractivity contribution in [3.63, 3.8) is 0 Å². The molecule has 4 rings (SSSR count). The molecule has 30 heavy (non-hydrogen) atoms. The van der Waals surface area contributed by atoms with Gasteiger partial charge in [-0.1, -0.05) is 60.3 Å². The highest BCUT2D eigenvalue weighted by Gasteiger charge is 2.41. The summed E-state index contributed by atoms with van der Waals surface area (Å²) in [6.07, 6.45) is 5.21. The number of benzene rings is 2. The van der Waals surface area contributed by atoms with Gasteiger partial charge in [-0.05, 0) is 61.6 Å². The van der Waals surface area contributed by atoms with Crippen molar-refractivity contribution >= 4 is 52.2 Å². The number of anilines is 1. The molecule has 0 amide bonds. The van der Waals surface area contributed by atoms with E-state index in [0.29, 0.717) is 26.5 Å². The normalized spacial score (nSPS) is 22.1. The summed E-state index contributed by atoms with van der Waals surface area (Å²) < 4.78 is 5.81. The molecule has 2 atom stereocenters. The molecule has 1 heterocycles. The number of carbonyl (C=O) groups excluding carboxylic acids is 1. The Labute approximate surface area is 191 Å². The summed E-state index contributed by atoms with van der Waals surface area (Å²) in [6.45, 7) is 1.99. The largest absolute Gasteiger partial charge is 0.458 e. The molecule has 0 N–H and O–H groups in total. The van der Waals surface area contributed by atoms with Crippen LogP contribution in [0.25, 0.3) is 0 Å². The van der Waals surface area contributed by atoms with E-state index in [1.807, 2.05) is 37.3 Å². The lowest BCUT2D eigenvalue weighted by atomic mass is 9.91. The monoisotopic (exact) mass is 464 g/mol. The third-order valence-corrected chi connectivity index (χ3v) is 6.58. The van der Waals surface area contributed by atoms with Crippen LogP contribution in [0.3, 0.4) is 0 Å². The summed E-state index contributed by atoms with van der Waals surface area (Å²) in [4.78, 5) is 13.0. The van der Waals surface area contributed by atoms with Gasteiger partial charge in [-0.15, -0.1) is 0 Å². The second-order valence-electron chi connectivity index (χ2n) is 7.88. The first kappa shape index (κ1) is 21.5. The van der Waals surface area contributed by atoms with E-state index >= 15 is 0 Å². The second-order valence-corrected chi connectivity index (χ2v) is 9.16. The third kappa shape index (κ3) is 4.46. The molecule has 1 aliphatic carbocycles. The zero-order valence-corrected chi connectivity index (χ0v) is 18.9. The maximum absolute atomic E-state index is 13.0. The predicted molar refractivity (Wildman–Crippen MR) is 123 cm³/mol. The van der Waals surface area contributed by atoms with E-state index < -0.39 is 0 Å². The van der Waals surface area contributed by atoms with E-state index in [2.05, 4.69) is 0 Å². The minimum atomic E-state index is -0.346. The third-order valence-electron chi connectivity index (χ3n) is 5.79. The number of carbonyl (C=O) groups is 1. The van der Waals surface area contributed by atoms with E-state index in [9.17, 15) is 4.79 Å². The average Bonchev–Trinajstić information content (AvgIpc) is 3.06. The number of rotatable bonds is 4. The SMILES string of the molecule is C[C@@H]1C(C(=O)OC2CCCCC2)=NN(c2ccc(Cl)cc2Cl)[C@@H]1c1ccc(Cl)cc1. The topological polar surface area (TPSA) is 41.9 Å². The highest BCUT2D eigenvalue weighted by molar-refractivity contribution is 6.39. The lowest BCUT2D eigenvalue weighted by Crippen LogP contribution is -2.30. The average molecular weight is 466 g/mol. The van der Waals surface area contributed by atoms with Crippen molar-refractivity contribution in [2.24, 2.45) is 11.0 Å². The lowest BCUT2D eigenvalue weighted by molar-refractivity contribution is -0.142. The van der Waals surface area contributed by atoms with Crippen molar-refractivity contribution in [3.8, 4) is 0 Å². The van der Waals surface area contributed by atoms with Crippen LogP contribution in [-0.4, -0.2) is 17.8 Å². The van der Waals surface area contributed by atoms with Gasteiger partial charge in [0.1, 0.15) is 6.10 Å². The van der Waals surface area contributed by atoms with Crippen LogP contribution in [0.4, 0.5) is 5.69 Å². The number of hydrogen-bond acceptors (Lipinski definition) is 4. The maximum atomic E-state index is 13.0. The summed E-state index contributed by atoms with van der Waals surface area (Å²) in [5, 5.41) is 8.15. The molecule has 2 aromatic rings. The van der Waals surface area contributed by atoms with Gasteiger partial charge in [0.25, 0.3) is 0 Å². The van der Waals surface area contributed by atoms with E-state index in [1.165, 1.54) is 6.42 Å². The van der Waals surface area contributed by atoms with Crippen LogP contribution in [0.2, 0.25) is 15.1 Å². The molecular formula is C23H23Cl3N2O2. The Morgan fingerprint density at radius 3 is 2.33 bits per heavy atom. The first-order valence-corrected chi connectivity index (χ1v) is 11.4. The summed E-state index contributed by atoms with van der Waals surface area (Å²) in [6, 6.07) is 12.6. The van der Waals surface area contributed by atoms with Gasteiger partial charge in [0.15, 0.2) is 5.71 Å². The highest BCUT2D eigenvalue weighted by Crippen LogP contribution is 2.42. The summed E-state index contributed by atoms with van der Waals surface area (Å²) in [7, 11) is 0. The molecule has 158 valence electrons. The van der Waals surface area contributed by atoms with E-state index in [4.69, 9.17) is 44.6 Å². The van der Waals surface area contributed by atoms with Crippen LogP contribution in [0.5, 0.6) is 0 Å². The number of nitrogens with zero attached hydrogens (tertiary/aromatic N) is 2. The van der Waals surface area contributed by atoms with Crippen LogP contribution in [0, 0.1) is 5.92 Å². The van der Waals surface area contributed by atoms with Gasteiger partial charge in [-0.3, -0.25) is 5.01 Å². The highest BCUT2D eigenvalue weighted by atomic mass is 35.5. The van der Waals surface area contributed by atoms with Crippen molar-refractivity contribution in [1.82, 2.24) is 0 Å².